The predicted molar refractivity (Wildman–Crippen MR) is 146 cm³/mol. The van der Waals surface area contributed by atoms with Gasteiger partial charge in [0.25, 0.3) is 12.3 Å². The minimum absolute atomic E-state index is 0.0119. The molecule has 1 aliphatic heterocycles. The molecule has 220 valence electrons. The Balaban J connectivity index is 1.41. The summed E-state index contributed by atoms with van der Waals surface area (Å²) >= 11 is 0. The summed E-state index contributed by atoms with van der Waals surface area (Å²) in [4.78, 5) is 18.8. The lowest BCUT2D eigenvalue weighted by Crippen LogP contribution is -2.46. The van der Waals surface area contributed by atoms with Crippen molar-refractivity contribution in [3.8, 4) is 11.5 Å². The number of hydrogen-bond acceptors (Lipinski definition) is 6. The molecule has 2 N–H and O–H groups in total. The number of hydrogen-bond donors (Lipinski definition) is 2. The summed E-state index contributed by atoms with van der Waals surface area (Å²) in [5.74, 6) is -0.474. The fourth-order valence-electron chi connectivity index (χ4n) is 4.98. The number of anilines is 1. The van der Waals surface area contributed by atoms with Gasteiger partial charge in [0.15, 0.2) is 0 Å². The largest absolute Gasteiger partial charge is 0.379 e. The Morgan fingerprint density at radius 2 is 2.00 bits per heavy atom. The summed E-state index contributed by atoms with van der Waals surface area (Å²) in [6.07, 6.45) is -3.08. The molecule has 3 atom stereocenters. The summed E-state index contributed by atoms with van der Waals surface area (Å²) in [5, 5.41) is 10.2. The standard InChI is InChI=1S/C28H33F4N7O2/c1-28(2,3)38-11-8-16(14-38)27(40)33-13-23-35-26(36-41-23)22-12-17-19(34-20-9-10-37(4)15-18(20)29)6-5-7-21(17)39(22)25(32)24(30)31/h5-8,11-12,14,18,20,24-25,34H,9-10,13,15H2,1-4H3,(H,33,40). The highest BCUT2D eigenvalue weighted by atomic mass is 19.3. The van der Waals surface area contributed by atoms with E-state index in [1.165, 1.54) is 12.1 Å². The SMILES string of the molecule is CN1CCC(Nc2cccc3c2cc(-c2noc(CNC(=O)c4ccn(C(C)(C)C)c4)n2)n3C(F)C(F)F)C(F)C1. The summed E-state index contributed by atoms with van der Waals surface area (Å²) in [7, 11) is 1.84. The number of likely N-dealkylation sites (tertiary alicyclic amines) is 1. The van der Waals surface area contributed by atoms with E-state index in [0.29, 0.717) is 29.6 Å². The van der Waals surface area contributed by atoms with Crippen molar-refractivity contribution in [3.05, 3.63) is 54.2 Å². The molecule has 1 aromatic carbocycles. The number of nitrogens with zero attached hydrogens (tertiary/aromatic N) is 5. The van der Waals surface area contributed by atoms with Gasteiger partial charge in [-0.3, -0.25) is 4.79 Å². The number of benzene rings is 1. The lowest BCUT2D eigenvalue weighted by molar-refractivity contribution is 0.0114. The minimum Gasteiger partial charge on any atom is -0.379 e. The Morgan fingerprint density at radius 3 is 2.68 bits per heavy atom. The number of rotatable bonds is 8. The van der Waals surface area contributed by atoms with Crippen LogP contribution in [0.1, 0.15) is 49.7 Å². The van der Waals surface area contributed by atoms with Crippen LogP contribution in [0.25, 0.3) is 22.4 Å². The molecular formula is C28H33F4N7O2. The average molecular weight is 576 g/mol. The van der Waals surface area contributed by atoms with Crippen molar-refractivity contribution in [3.63, 3.8) is 0 Å². The topological polar surface area (TPSA) is 93.2 Å². The second-order valence-corrected chi connectivity index (χ2v) is 11.3. The second kappa shape index (κ2) is 11.2. The molecule has 3 aromatic heterocycles. The van der Waals surface area contributed by atoms with Crippen LogP contribution in [0.5, 0.6) is 0 Å². The van der Waals surface area contributed by atoms with E-state index >= 15 is 0 Å². The molecule has 4 aromatic rings. The smallest absolute Gasteiger partial charge is 0.288 e. The molecule has 0 bridgehead atoms. The van der Waals surface area contributed by atoms with Crippen molar-refractivity contribution >= 4 is 22.5 Å². The maximum atomic E-state index is 15.0. The van der Waals surface area contributed by atoms with Gasteiger partial charge in [0.2, 0.25) is 18.0 Å². The zero-order valence-electron chi connectivity index (χ0n) is 23.2. The van der Waals surface area contributed by atoms with Crippen LogP contribution in [0, 0.1) is 0 Å². The van der Waals surface area contributed by atoms with Gasteiger partial charge in [-0.05, 0) is 58.5 Å². The molecule has 4 heterocycles. The first-order valence-corrected chi connectivity index (χ1v) is 13.4. The summed E-state index contributed by atoms with van der Waals surface area (Å²) in [6, 6.07) is 7.48. The van der Waals surface area contributed by atoms with Gasteiger partial charge in [-0.2, -0.15) is 4.98 Å². The van der Waals surface area contributed by atoms with Gasteiger partial charge in [-0.15, -0.1) is 0 Å². The van der Waals surface area contributed by atoms with Crippen molar-refractivity contribution in [2.45, 2.75) is 64.2 Å². The normalized spacial score (nSPS) is 19.1. The molecular weight excluding hydrogens is 542 g/mol. The van der Waals surface area contributed by atoms with Crippen LogP contribution in [-0.2, 0) is 12.1 Å². The molecule has 0 radical (unpaired) electrons. The number of nitrogens with one attached hydrogen (secondary N) is 2. The summed E-state index contributed by atoms with van der Waals surface area (Å²) < 4.78 is 65.0. The summed E-state index contributed by atoms with van der Waals surface area (Å²) in [6.45, 7) is 6.87. The van der Waals surface area contributed by atoms with Gasteiger partial charge in [0, 0.05) is 42.1 Å². The first-order chi connectivity index (χ1) is 19.4. The number of fused-ring (bicyclic) bond motifs is 1. The van der Waals surface area contributed by atoms with Gasteiger partial charge in [-0.1, -0.05) is 11.2 Å². The van der Waals surface area contributed by atoms with Crippen LogP contribution in [0.4, 0.5) is 23.2 Å². The molecule has 1 amide bonds. The zero-order chi connectivity index (χ0) is 29.5. The highest BCUT2D eigenvalue weighted by Gasteiger charge is 2.31. The first-order valence-electron chi connectivity index (χ1n) is 13.4. The number of carbonyl (C=O) groups is 1. The van der Waals surface area contributed by atoms with E-state index in [-0.39, 0.29) is 47.5 Å². The van der Waals surface area contributed by atoms with Gasteiger partial charge in [0.1, 0.15) is 6.17 Å². The number of halogens is 4. The van der Waals surface area contributed by atoms with Crippen LogP contribution in [0.2, 0.25) is 0 Å². The molecule has 0 aliphatic carbocycles. The van der Waals surface area contributed by atoms with E-state index in [9.17, 15) is 22.4 Å². The fourth-order valence-corrected chi connectivity index (χ4v) is 4.98. The van der Waals surface area contributed by atoms with Crippen molar-refractivity contribution in [2.75, 3.05) is 25.5 Å². The Kier molecular flexibility index (Phi) is 7.82. The summed E-state index contributed by atoms with van der Waals surface area (Å²) in [5.41, 5.74) is 0.868. The van der Waals surface area contributed by atoms with Crippen LogP contribution >= 0.6 is 0 Å². The third-order valence-corrected chi connectivity index (χ3v) is 7.25. The van der Waals surface area contributed by atoms with Crippen molar-refractivity contribution < 1.29 is 26.9 Å². The molecule has 1 saturated heterocycles. The number of piperidine rings is 1. The number of carbonyl (C=O) groups excluding carboxylic acids is 1. The maximum absolute atomic E-state index is 15.0. The number of amides is 1. The molecule has 1 fully saturated rings. The van der Waals surface area contributed by atoms with Crippen molar-refractivity contribution in [1.82, 2.24) is 29.5 Å². The molecule has 0 spiro atoms. The molecule has 13 heteroatoms. The third-order valence-electron chi connectivity index (χ3n) is 7.25. The van der Waals surface area contributed by atoms with E-state index in [0.717, 1.165) is 4.57 Å². The quantitative estimate of drug-likeness (QED) is 0.275. The van der Waals surface area contributed by atoms with E-state index < -0.39 is 24.9 Å². The van der Waals surface area contributed by atoms with Crippen molar-refractivity contribution in [2.24, 2.45) is 0 Å². The Morgan fingerprint density at radius 1 is 1.22 bits per heavy atom. The van der Waals surface area contributed by atoms with Crippen LogP contribution in [0.3, 0.4) is 0 Å². The lowest BCUT2D eigenvalue weighted by Gasteiger charge is -2.33. The maximum Gasteiger partial charge on any atom is 0.288 e. The Bertz CT molecular complexity index is 1520. The zero-order valence-corrected chi connectivity index (χ0v) is 23.2. The molecule has 3 unspecified atom stereocenters. The van der Waals surface area contributed by atoms with Gasteiger partial charge in [0.05, 0.1) is 29.4 Å². The molecule has 1 aliphatic rings. The first kappa shape index (κ1) is 28.7. The van der Waals surface area contributed by atoms with E-state index in [4.69, 9.17) is 4.52 Å². The van der Waals surface area contributed by atoms with Crippen LogP contribution in [-0.4, -0.2) is 68.9 Å². The van der Waals surface area contributed by atoms with Gasteiger partial charge >= 0.3 is 0 Å². The Labute approximate surface area is 234 Å². The van der Waals surface area contributed by atoms with E-state index in [2.05, 4.69) is 20.8 Å². The molecule has 0 saturated carbocycles. The minimum atomic E-state index is -3.32. The molecule has 41 heavy (non-hydrogen) atoms. The fraction of sp³-hybridized carbons (Fsp3) is 0.464. The van der Waals surface area contributed by atoms with E-state index in [1.54, 1.807) is 30.6 Å². The van der Waals surface area contributed by atoms with Crippen LogP contribution in [0.15, 0.2) is 47.2 Å². The highest BCUT2D eigenvalue weighted by Crippen LogP contribution is 2.37. The molecule has 9 nitrogen and oxygen atoms in total. The lowest BCUT2D eigenvalue weighted by atomic mass is 10.0. The predicted octanol–water partition coefficient (Wildman–Crippen LogP) is 5.37. The van der Waals surface area contributed by atoms with E-state index in [1.807, 2.05) is 37.3 Å². The number of aromatic nitrogens is 4. The Hall–Kier alpha value is -3.87. The monoisotopic (exact) mass is 575 g/mol. The third kappa shape index (κ3) is 5.95. The van der Waals surface area contributed by atoms with Crippen molar-refractivity contribution in [1.29, 1.82) is 0 Å². The van der Waals surface area contributed by atoms with Crippen LogP contribution < -0.4 is 10.6 Å². The highest BCUT2D eigenvalue weighted by molar-refractivity contribution is 5.96. The molecule has 5 rings (SSSR count). The van der Waals surface area contributed by atoms with Gasteiger partial charge in [-0.25, -0.2) is 17.6 Å². The van der Waals surface area contributed by atoms with Gasteiger partial charge < -0.3 is 29.2 Å². The average Bonchev–Trinajstić information content (AvgIpc) is 3.66. The second-order valence-electron chi connectivity index (χ2n) is 11.3. The number of alkyl halides is 4.